The third-order valence-corrected chi connectivity index (χ3v) is 7.16. The third-order valence-electron chi connectivity index (χ3n) is 6.39. The van der Waals surface area contributed by atoms with Gasteiger partial charge in [-0.05, 0) is 49.3 Å². The zero-order valence-electron chi connectivity index (χ0n) is 18.2. The number of thioether (sulfide) groups is 1. The van der Waals surface area contributed by atoms with Gasteiger partial charge in [0.05, 0.1) is 24.5 Å². The summed E-state index contributed by atoms with van der Waals surface area (Å²) in [6.07, 6.45) is 8.05. The maximum atomic E-state index is 9.85. The summed E-state index contributed by atoms with van der Waals surface area (Å²) in [6.45, 7) is 2.59. The van der Waals surface area contributed by atoms with Crippen molar-refractivity contribution in [2.75, 3.05) is 20.0 Å². The second-order valence-electron chi connectivity index (χ2n) is 8.09. The smallest absolute Gasteiger partial charge is 0.199 e. The van der Waals surface area contributed by atoms with Crippen LogP contribution in [-0.2, 0) is 0 Å². The summed E-state index contributed by atoms with van der Waals surface area (Å²) in [5.41, 5.74) is 9.52. The number of hydrogen-bond donors (Lipinski definition) is 1. The zero-order valence-corrected chi connectivity index (χ0v) is 19.0. The zero-order chi connectivity index (χ0) is 22.0. The largest absolute Gasteiger partial charge is 0.490 e. The van der Waals surface area contributed by atoms with Crippen molar-refractivity contribution in [3.8, 4) is 29.0 Å². The van der Waals surface area contributed by atoms with Crippen molar-refractivity contribution >= 4 is 17.4 Å². The number of benzene rings is 1. The minimum absolute atomic E-state index is 0.344. The molecule has 1 aromatic carbocycles. The van der Waals surface area contributed by atoms with E-state index in [9.17, 15) is 5.26 Å². The molecule has 2 atom stereocenters. The molecule has 1 fully saturated rings. The minimum Gasteiger partial charge on any atom is -0.490 e. The highest BCUT2D eigenvalue weighted by atomic mass is 32.2. The van der Waals surface area contributed by atoms with Crippen LogP contribution in [0.2, 0.25) is 0 Å². The summed E-state index contributed by atoms with van der Waals surface area (Å²) in [5.74, 6) is 1.71. The molecule has 2 N–H and O–H groups in total. The van der Waals surface area contributed by atoms with Crippen LogP contribution in [0.5, 0.6) is 11.6 Å². The first-order valence-corrected chi connectivity index (χ1v) is 11.8. The number of nitriles is 1. The topological polar surface area (TPSA) is 85.6 Å². The minimum atomic E-state index is -0.344. The number of methoxy groups -OCH3 is 1. The third kappa shape index (κ3) is 3.86. The first-order valence-electron chi connectivity index (χ1n) is 10.6. The van der Waals surface area contributed by atoms with Crippen LogP contribution in [0.4, 0.5) is 0 Å². The quantitative estimate of drug-likeness (QED) is 0.531. The van der Waals surface area contributed by atoms with E-state index in [1.165, 1.54) is 11.8 Å². The SMILES string of the molecule is CC[C@H]1CCC[C@@]1(N)COc1cc(-c2cnc3cccc(OC)n23)cc(SC)c1C#N. The van der Waals surface area contributed by atoms with Gasteiger partial charge in [-0.15, -0.1) is 11.8 Å². The van der Waals surface area contributed by atoms with Gasteiger partial charge < -0.3 is 15.2 Å². The Morgan fingerprint density at radius 1 is 1.39 bits per heavy atom. The van der Waals surface area contributed by atoms with Gasteiger partial charge in [-0.2, -0.15) is 5.26 Å². The molecule has 162 valence electrons. The van der Waals surface area contributed by atoms with E-state index in [0.29, 0.717) is 29.7 Å². The molecule has 0 radical (unpaired) electrons. The highest BCUT2D eigenvalue weighted by Crippen LogP contribution is 2.39. The van der Waals surface area contributed by atoms with Crippen LogP contribution in [0.1, 0.15) is 38.2 Å². The van der Waals surface area contributed by atoms with E-state index in [-0.39, 0.29) is 5.54 Å². The van der Waals surface area contributed by atoms with Crippen LogP contribution in [0.3, 0.4) is 0 Å². The molecular formula is C24H28N4O2S. The summed E-state index contributed by atoms with van der Waals surface area (Å²) in [6, 6.07) is 12.0. The molecule has 7 heteroatoms. The van der Waals surface area contributed by atoms with E-state index >= 15 is 0 Å². The maximum Gasteiger partial charge on any atom is 0.199 e. The fourth-order valence-corrected chi connectivity index (χ4v) is 5.27. The van der Waals surface area contributed by atoms with Gasteiger partial charge in [0.25, 0.3) is 0 Å². The first-order chi connectivity index (χ1) is 15.0. The average molecular weight is 437 g/mol. The van der Waals surface area contributed by atoms with Crippen LogP contribution in [0, 0.1) is 17.2 Å². The number of fused-ring (bicyclic) bond motifs is 1. The monoisotopic (exact) mass is 436 g/mol. The van der Waals surface area contributed by atoms with Gasteiger partial charge in [-0.3, -0.25) is 4.40 Å². The highest BCUT2D eigenvalue weighted by molar-refractivity contribution is 7.98. The second-order valence-corrected chi connectivity index (χ2v) is 8.94. The molecule has 0 bridgehead atoms. The molecule has 2 aromatic heterocycles. The van der Waals surface area contributed by atoms with Crippen molar-refractivity contribution < 1.29 is 9.47 Å². The predicted molar refractivity (Wildman–Crippen MR) is 124 cm³/mol. The van der Waals surface area contributed by atoms with E-state index in [0.717, 1.165) is 47.5 Å². The van der Waals surface area contributed by atoms with Gasteiger partial charge >= 0.3 is 0 Å². The Kier molecular flexibility index (Phi) is 6.12. The number of nitrogens with two attached hydrogens (primary N) is 1. The molecule has 31 heavy (non-hydrogen) atoms. The number of hydrogen-bond acceptors (Lipinski definition) is 6. The van der Waals surface area contributed by atoms with Gasteiger partial charge in [-0.25, -0.2) is 4.98 Å². The Bertz CT molecular complexity index is 1140. The van der Waals surface area contributed by atoms with E-state index in [1.54, 1.807) is 7.11 Å². The summed E-state index contributed by atoms with van der Waals surface area (Å²) >= 11 is 1.53. The second kappa shape index (κ2) is 8.81. The molecule has 0 aliphatic heterocycles. The number of imidazole rings is 1. The molecule has 0 saturated heterocycles. The summed E-state index contributed by atoms with van der Waals surface area (Å²) < 4.78 is 13.8. The van der Waals surface area contributed by atoms with Crippen LogP contribution < -0.4 is 15.2 Å². The lowest BCUT2D eigenvalue weighted by Crippen LogP contribution is -2.48. The van der Waals surface area contributed by atoms with E-state index in [2.05, 4.69) is 18.0 Å². The number of aromatic nitrogens is 2. The van der Waals surface area contributed by atoms with Crippen molar-refractivity contribution in [3.63, 3.8) is 0 Å². The molecule has 4 rings (SSSR count). The van der Waals surface area contributed by atoms with E-state index in [4.69, 9.17) is 15.2 Å². The lowest BCUT2D eigenvalue weighted by Gasteiger charge is -2.31. The maximum absolute atomic E-state index is 9.85. The highest BCUT2D eigenvalue weighted by Gasteiger charge is 2.39. The number of rotatable bonds is 7. The van der Waals surface area contributed by atoms with Crippen molar-refractivity contribution in [2.45, 2.75) is 43.0 Å². The van der Waals surface area contributed by atoms with Crippen molar-refractivity contribution in [1.82, 2.24) is 9.38 Å². The summed E-state index contributed by atoms with van der Waals surface area (Å²) in [4.78, 5) is 5.39. The van der Waals surface area contributed by atoms with Gasteiger partial charge in [0.2, 0.25) is 0 Å². The van der Waals surface area contributed by atoms with E-state index in [1.807, 2.05) is 47.2 Å². The van der Waals surface area contributed by atoms with Gasteiger partial charge in [0.15, 0.2) is 5.88 Å². The van der Waals surface area contributed by atoms with Crippen LogP contribution in [0.25, 0.3) is 16.9 Å². The molecule has 1 aliphatic rings. The average Bonchev–Trinajstić information content (AvgIpc) is 3.40. The summed E-state index contributed by atoms with van der Waals surface area (Å²) in [7, 11) is 1.64. The fourth-order valence-electron chi connectivity index (χ4n) is 4.67. The molecule has 1 saturated carbocycles. The molecular weight excluding hydrogens is 408 g/mol. The first kappa shape index (κ1) is 21.5. The van der Waals surface area contributed by atoms with Crippen molar-refractivity contribution in [3.05, 3.63) is 42.1 Å². The van der Waals surface area contributed by atoms with Gasteiger partial charge in [-0.1, -0.05) is 25.8 Å². The van der Waals surface area contributed by atoms with Gasteiger partial charge in [0, 0.05) is 10.5 Å². The lowest BCUT2D eigenvalue weighted by molar-refractivity contribution is 0.175. The Morgan fingerprint density at radius 2 is 2.23 bits per heavy atom. The number of nitrogens with zero attached hydrogens (tertiary/aromatic N) is 3. The Balaban J connectivity index is 1.77. The predicted octanol–water partition coefficient (Wildman–Crippen LogP) is 4.89. The Hall–Kier alpha value is -2.69. The fraction of sp³-hybridized carbons (Fsp3) is 0.417. The Morgan fingerprint density at radius 3 is 2.94 bits per heavy atom. The normalized spacial score (nSPS) is 20.7. The number of pyridine rings is 1. The lowest BCUT2D eigenvalue weighted by atomic mass is 9.87. The van der Waals surface area contributed by atoms with Crippen LogP contribution >= 0.6 is 11.8 Å². The molecule has 6 nitrogen and oxygen atoms in total. The molecule has 2 heterocycles. The molecule has 0 unspecified atom stereocenters. The van der Waals surface area contributed by atoms with Crippen molar-refractivity contribution in [2.24, 2.45) is 11.7 Å². The molecule has 0 amide bonds. The van der Waals surface area contributed by atoms with Crippen molar-refractivity contribution in [1.29, 1.82) is 5.26 Å². The van der Waals surface area contributed by atoms with E-state index < -0.39 is 0 Å². The number of ether oxygens (including phenoxy) is 2. The molecule has 3 aromatic rings. The summed E-state index contributed by atoms with van der Waals surface area (Å²) in [5, 5.41) is 9.85. The molecule has 1 aliphatic carbocycles. The standard InChI is InChI=1S/C24H28N4O2S/c1-4-17-7-6-10-24(17,26)15-30-20-11-16(12-21(31-3)18(20)13-25)19-14-27-22-8-5-9-23(29-2)28(19)22/h5,8-9,11-12,14,17H,4,6-7,10,15,26H2,1-3H3/t17-,24+/m0/s1. The van der Waals surface area contributed by atoms with Crippen LogP contribution in [0.15, 0.2) is 41.4 Å². The molecule has 0 spiro atoms. The van der Waals surface area contributed by atoms with Crippen LogP contribution in [-0.4, -0.2) is 34.9 Å². The Labute approximate surface area is 187 Å². The van der Waals surface area contributed by atoms with Gasteiger partial charge in [0.1, 0.15) is 29.6 Å².